The van der Waals surface area contributed by atoms with E-state index in [0.29, 0.717) is 5.69 Å². The van der Waals surface area contributed by atoms with Crippen molar-refractivity contribution in [3.8, 4) is 5.69 Å². The highest BCUT2D eigenvalue weighted by atomic mass is 16.5. The van der Waals surface area contributed by atoms with Crippen LogP contribution in [0.3, 0.4) is 0 Å². The molecular formula is C30H30N4O3. The van der Waals surface area contributed by atoms with Gasteiger partial charge in [0.15, 0.2) is 0 Å². The van der Waals surface area contributed by atoms with Crippen molar-refractivity contribution in [2.45, 2.75) is 39.3 Å². The van der Waals surface area contributed by atoms with E-state index >= 15 is 0 Å². The largest absolute Gasteiger partial charge is 0.458 e. The Morgan fingerprint density at radius 3 is 2.41 bits per heavy atom. The number of ether oxygens (including phenoxy) is 1. The molecule has 0 aliphatic rings. The van der Waals surface area contributed by atoms with Gasteiger partial charge in [-0.05, 0) is 61.2 Å². The predicted molar refractivity (Wildman–Crippen MR) is 143 cm³/mol. The second kappa shape index (κ2) is 11.5. The lowest BCUT2D eigenvalue weighted by Crippen LogP contribution is -2.42. The lowest BCUT2D eigenvalue weighted by Gasteiger charge is -2.24. The predicted octanol–water partition coefficient (Wildman–Crippen LogP) is 4.93. The molecule has 1 aromatic heterocycles. The van der Waals surface area contributed by atoms with Gasteiger partial charge in [0.2, 0.25) is 5.91 Å². The Labute approximate surface area is 216 Å². The first-order chi connectivity index (χ1) is 17.8. The molecule has 1 heterocycles. The summed E-state index contributed by atoms with van der Waals surface area (Å²) in [6.07, 6.45) is 5.06. The average Bonchev–Trinajstić information content (AvgIpc) is 3.40. The SMILES string of the molecule is Cc1cccc(/C=C/C(=O)OCc2ccccc2)c1CC(=O)NC(C)(C)c1cn(-c2ccccc2)nn1. The molecule has 4 rings (SSSR count). The molecule has 4 aromatic rings. The summed E-state index contributed by atoms with van der Waals surface area (Å²) < 4.78 is 7.01. The standard InChI is InChI=1S/C30H30N4O3/c1-22-11-10-14-24(17-18-29(36)37-21-23-12-6-4-7-13-23)26(22)19-28(35)31-30(2,3)27-20-34(33-32-27)25-15-8-5-9-16-25/h4-18,20H,19,21H2,1-3H3,(H,31,35)/b18-17+. The van der Waals surface area contributed by atoms with Gasteiger partial charge in [0.25, 0.3) is 0 Å². The first-order valence-electron chi connectivity index (χ1n) is 12.1. The molecule has 0 spiro atoms. The number of hydrogen-bond acceptors (Lipinski definition) is 5. The lowest BCUT2D eigenvalue weighted by atomic mass is 9.96. The van der Waals surface area contributed by atoms with Gasteiger partial charge < -0.3 is 10.1 Å². The number of amides is 1. The molecule has 7 nitrogen and oxygen atoms in total. The Hall–Kier alpha value is -4.52. The maximum atomic E-state index is 13.1. The van der Waals surface area contributed by atoms with Gasteiger partial charge in [-0.25, -0.2) is 9.48 Å². The van der Waals surface area contributed by atoms with Gasteiger partial charge in [-0.15, -0.1) is 5.10 Å². The van der Waals surface area contributed by atoms with Gasteiger partial charge in [-0.1, -0.05) is 71.9 Å². The maximum Gasteiger partial charge on any atom is 0.331 e. The molecule has 7 heteroatoms. The van der Waals surface area contributed by atoms with Crippen molar-refractivity contribution in [3.63, 3.8) is 0 Å². The first kappa shape index (κ1) is 25.6. The number of nitrogens with one attached hydrogen (secondary N) is 1. The molecule has 0 atom stereocenters. The fourth-order valence-corrected chi connectivity index (χ4v) is 3.93. The van der Waals surface area contributed by atoms with Gasteiger partial charge in [-0.3, -0.25) is 4.79 Å². The molecule has 0 saturated heterocycles. The van der Waals surface area contributed by atoms with Crippen molar-refractivity contribution in [1.82, 2.24) is 20.3 Å². The zero-order valence-corrected chi connectivity index (χ0v) is 21.2. The molecule has 0 fully saturated rings. The third-order valence-electron chi connectivity index (χ3n) is 6.01. The zero-order valence-electron chi connectivity index (χ0n) is 21.2. The number of nitrogens with zero attached hydrogens (tertiary/aromatic N) is 3. The normalized spacial score (nSPS) is 11.4. The molecule has 37 heavy (non-hydrogen) atoms. The van der Waals surface area contributed by atoms with Gasteiger partial charge >= 0.3 is 5.97 Å². The summed E-state index contributed by atoms with van der Waals surface area (Å²) in [5.74, 6) is -0.599. The number of rotatable bonds is 9. The number of carbonyl (C=O) groups is 2. The highest BCUT2D eigenvalue weighted by Crippen LogP contribution is 2.21. The van der Waals surface area contributed by atoms with Crippen LogP contribution in [0.2, 0.25) is 0 Å². The Kier molecular flexibility index (Phi) is 7.93. The topological polar surface area (TPSA) is 86.1 Å². The minimum absolute atomic E-state index is 0.154. The van der Waals surface area contributed by atoms with E-state index in [2.05, 4.69) is 15.6 Å². The second-order valence-corrected chi connectivity index (χ2v) is 9.30. The van der Waals surface area contributed by atoms with Crippen LogP contribution in [0, 0.1) is 6.92 Å². The third-order valence-corrected chi connectivity index (χ3v) is 6.01. The summed E-state index contributed by atoms with van der Waals surface area (Å²) in [6.45, 7) is 5.94. The average molecular weight is 495 g/mol. The molecule has 0 aliphatic heterocycles. The van der Waals surface area contributed by atoms with Crippen LogP contribution in [-0.2, 0) is 32.9 Å². The molecule has 3 aromatic carbocycles. The van der Waals surface area contributed by atoms with Crippen molar-refractivity contribution in [2.75, 3.05) is 0 Å². The maximum absolute atomic E-state index is 13.1. The Balaban J connectivity index is 1.41. The van der Waals surface area contributed by atoms with Crippen LogP contribution in [0.4, 0.5) is 0 Å². The van der Waals surface area contributed by atoms with Crippen LogP contribution in [0.25, 0.3) is 11.8 Å². The van der Waals surface area contributed by atoms with Gasteiger partial charge in [0, 0.05) is 6.08 Å². The van der Waals surface area contributed by atoms with Gasteiger partial charge in [-0.2, -0.15) is 0 Å². The van der Waals surface area contributed by atoms with Crippen LogP contribution in [0.1, 0.15) is 41.8 Å². The number of benzene rings is 3. The van der Waals surface area contributed by atoms with E-state index in [0.717, 1.165) is 27.9 Å². The summed E-state index contributed by atoms with van der Waals surface area (Å²) in [5.41, 5.74) is 4.32. The van der Waals surface area contributed by atoms with Crippen LogP contribution in [0.5, 0.6) is 0 Å². The molecule has 188 valence electrons. The van der Waals surface area contributed by atoms with E-state index < -0.39 is 11.5 Å². The highest BCUT2D eigenvalue weighted by molar-refractivity contribution is 5.88. The molecule has 0 saturated carbocycles. The number of para-hydroxylation sites is 1. The van der Waals surface area contributed by atoms with Crippen molar-refractivity contribution >= 4 is 18.0 Å². The fourth-order valence-electron chi connectivity index (χ4n) is 3.93. The summed E-state index contributed by atoms with van der Waals surface area (Å²) in [7, 11) is 0. The zero-order chi connectivity index (χ0) is 26.3. The molecule has 0 radical (unpaired) electrons. The number of carbonyl (C=O) groups excluding carboxylic acids is 2. The van der Waals surface area contributed by atoms with Crippen LogP contribution in [-0.4, -0.2) is 26.9 Å². The van der Waals surface area contributed by atoms with Crippen molar-refractivity contribution in [1.29, 1.82) is 0 Å². The van der Waals surface area contributed by atoms with Crippen molar-refractivity contribution in [2.24, 2.45) is 0 Å². The van der Waals surface area contributed by atoms with Gasteiger partial charge in [0.1, 0.15) is 12.3 Å². The Morgan fingerprint density at radius 2 is 1.68 bits per heavy atom. The number of hydrogen-bond donors (Lipinski definition) is 1. The van der Waals surface area contributed by atoms with Crippen LogP contribution >= 0.6 is 0 Å². The summed E-state index contributed by atoms with van der Waals surface area (Å²) >= 11 is 0. The number of aryl methyl sites for hydroxylation is 1. The lowest BCUT2D eigenvalue weighted by molar-refractivity contribution is -0.138. The van der Waals surface area contributed by atoms with E-state index in [-0.39, 0.29) is 18.9 Å². The second-order valence-electron chi connectivity index (χ2n) is 9.30. The summed E-state index contributed by atoms with van der Waals surface area (Å²) in [5, 5.41) is 11.6. The fraction of sp³-hybridized carbons (Fsp3) is 0.200. The third kappa shape index (κ3) is 6.79. The van der Waals surface area contributed by atoms with Crippen LogP contribution < -0.4 is 5.32 Å². The molecule has 0 unspecified atom stereocenters. The van der Waals surface area contributed by atoms with E-state index in [1.807, 2.05) is 106 Å². The van der Waals surface area contributed by atoms with Crippen molar-refractivity contribution < 1.29 is 14.3 Å². The molecule has 0 aliphatic carbocycles. The van der Waals surface area contributed by atoms with Crippen molar-refractivity contribution in [3.05, 3.63) is 119 Å². The molecule has 1 amide bonds. The minimum atomic E-state index is -0.732. The van der Waals surface area contributed by atoms with E-state index in [1.54, 1.807) is 10.8 Å². The minimum Gasteiger partial charge on any atom is -0.458 e. The molecule has 1 N–H and O–H groups in total. The first-order valence-corrected chi connectivity index (χ1v) is 12.1. The van der Waals surface area contributed by atoms with Crippen LogP contribution in [0.15, 0.2) is 91.1 Å². The smallest absolute Gasteiger partial charge is 0.331 e. The summed E-state index contributed by atoms with van der Waals surface area (Å²) in [6, 6.07) is 24.9. The number of esters is 1. The Morgan fingerprint density at radius 1 is 0.973 bits per heavy atom. The van der Waals surface area contributed by atoms with E-state index in [9.17, 15) is 9.59 Å². The van der Waals surface area contributed by atoms with E-state index in [1.165, 1.54) is 6.08 Å². The monoisotopic (exact) mass is 494 g/mol. The summed E-state index contributed by atoms with van der Waals surface area (Å²) in [4.78, 5) is 25.4. The quantitative estimate of drug-likeness (QED) is 0.264. The van der Waals surface area contributed by atoms with Gasteiger partial charge in [0.05, 0.1) is 23.8 Å². The molecular weight excluding hydrogens is 464 g/mol. The number of aromatic nitrogens is 3. The Bertz CT molecular complexity index is 1390. The van der Waals surface area contributed by atoms with E-state index in [4.69, 9.17) is 4.74 Å². The molecule has 0 bridgehead atoms. The highest BCUT2D eigenvalue weighted by Gasteiger charge is 2.27.